The molecule has 29 heavy (non-hydrogen) atoms. The van der Waals surface area contributed by atoms with E-state index in [0.29, 0.717) is 18.5 Å². The number of benzene rings is 2. The van der Waals surface area contributed by atoms with Crippen LogP contribution in [0.4, 0.5) is 17.6 Å². The van der Waals surface area contributed by atoms with E-state index < -0.39 is 39.7 Å². The maximum absolute atomic E-state index is 13.5. The summed E-state index contributed by atoms with van der Waals surface area (Å²) < 4.78 is 82.6. The van der Waals surface area contributed by atoms with E-state index in [1.807, 2.05) is 0 Å². The lowest BCUT2D eigenvalue weighted by molar-refractivity contribution is -0.137. The van der Waals surface area contributed by atoms with Crippen LogP contribution in [0, 0.1) is 5.82 Å². The van der Waals surface area contributed by atoms with Gasteiger partial charge in [0.05, 0.1) is 11.8 Å². The first kappa shape index (κ1) is 21.7. The number of rotatable bonds is 6. The van der Waals surface area contributed by atoms with E-state index in [-0.39, 0.29) is 11.6 Å². The van der Waals surface area contributed by atoms with Crippen LogP contribution in [0.15, 0.2) is 48.5 Å². The summed E-state index contributed by atoms with van der Waals surface area (Å²) in [6.07, 6.45) is -3.24. The van der Waals surface area contributed by atoms with Gasteiger partial charge in [-0.05, 0) is 48.7 Å². The van der Waals surface area contributed by atoms with Crippen molar-refractivity contribution in [1.29, 1.82) is 0 Å². The van der Waals surface area contributed by atoms with Gasteiger partial charge in [-0.3, -0.25) is 4.18 Å². The Kier molecular flexibility index (Phi) is 6.30. The van der Waals surface area contributed by atoms with Gasteiger partial charge in [0.15, 0.2) is 0 Å². The molecule has 0 amide bonds. The Balaban J connectivity index is 2.14. The Hall–Kier alpha value is -1.97. The highest BCUT2D eigenvalue weighted by Crippen LogP contribution is 2.37. The van der Waals surface area contributed by atoms with Crippen LogP contribution in [0.5, 0.6) is 0 Å². The van der Waals surface area contributed by atoms with E-state index in [2.05, 4.69) is 5.32 Å². The number of halogens is 4. The SMILES string of the molecule is CS(=O)(=O)O[C@H]([C@@H](c1ccc(F)cc1)c1cccc(C(F)(F)F)c1)[C@H]1CCCN1. The van der Waals surface area contributed by atoms with E-state index in [9.17, 15) is 26.0 Å². The van der Waals surface area contributed by atoms with Gasteiger partial charge in [0, 0.05) is 12.0 Å². The third-order valence-electron chi connectivity index (χ3n) is 4.91. The average molecular weight is 431 g/mol. The van der Waals surface area contributed by atoms with Gasteiger partial charge < -0.3 is 5.32 Å². The largest absolute Gasteiger partial charge is 0.416 e. The molecule has 3 rings (SSSR count). The molecule has 0 bridgehead atoms. The van der Waals surface area contributed by atoms with Crippen molar-refractivity contribution >= 4 is 10.1 Å². The Bertz CT molecular complexity index is 939. The van der Waals surface area contributed by atoms with E-state index >= 15 is 0 Å². The molecule has 0 spiro atoms. The molecule has 0 saturated carbocycles. The number of nitrogens with one attached hydrogen (secondary N) is 1. The molecule has 0 unspecified atom stereocenters. The summed E-state index contributed by atoms with van der Waals surface area (Å²) in [6.45, 7) is 0.646. The lowest BCUT2D eigenvalue weighted by atomic mass is 9.82. The minimum absolute atomic E-state index is 0.244. The Morgan fingerprint density at radius 1 is 1.10 bits per heavy atom. The molecule has 1 saturated heterocycles. The summed E-state index contributed by atoms with van der Waals surface area (Å²) in [7, 11) is -3.90. The van der Waals surface area contributed by atoms with Crippen LogP contribution in [0.3, 0.4) is 0 Å². The molecule has 1 aliphatic heterocycles. The summed E-state index contributed by atoms with van der Waals surface area (Å²) in [5.41, 5.74) is -0.138. The van der Waals surface area contributed by atoms with Crippen molar-refractivity contribution in [3.05, 3.63) is 71.0 Å². The second-order valence-electron chi connectivity index (χ2n) is 7.12. The topological polar surface area (TPSA) is 55.4 Å². The van der Waals surface area contributed by atoms with Gasteiger partial charge in [-0.15, -0.1) is 0 Å². The van der Waals surface area contributed by atoms with Crippen LogP contribution in [0.25, 0.3) is 0 Å². The number of hydrogen-bond donors (Lipinski definition) is 1. The summed E-state index contributed by atoms with van der Waals surface area (Å²) in [5.74, 6) is -1.35. The lowest BCUT2D eigenvalue weighted by Gasteiger charge is -2.32. The highest BCUT2D eigenvalue weighted by atomic mass is 32.2. The zero-order valence-corrected chi connectivity index (χ0v) is 16.4. The average Bonchev–Trinajstić information content (AvgIpc) is 3.16. The summed E-state index contributed by atoms with van der Waals surface area (Å²) in [4.78, 5) is 0. The molecule has 2 aromatic carbocycles. The molecular formula is C20H21F4NO3S. The molecule has 2 aromatic rings. The maximum atomic E-state index is 13.5. The zero-order chi connectivity index (χ0) is 21.2. The monoisotopic (exact) mass is 431 g/mol. The van der Waals surface area contributed by atoms with E-state index in [1.54, 1.807) is 0 Å². The molecule has 1 N–H and O–H groups in total. The van der Waals surface area contributed by atoms with Crippen molar-refractivity contribution in [3.8, 4) is 0 Å². The van der Waals surface area contributed by atoms with Gasteiger partial charge in [0.1, 0.15) is 11.9 Å². The van der Waals surface area contributed by atoms with Gasteiger partial charge in [-0.2, -0.15) is 21.6 Å². The van der Waals surface area contributed by atoms with Gasteiger partial charge in [-0.25, -0.2) is 4.39 Å². The third kappa shape index (κ3) is 5.55. The van der Waals surface area contributed by atoms with Gasteiger partial charge >= 0.3 is 6.18 Å². The van der Waals surface area contributed by atoms with Crippen LogP contribution in [-0.4, -0.2) is 33.4 Å². The van der Waals surface area contributed by atoms with Crippen molar-refractivity contribution in [2.75, 3.05) is 12.8 Å². The summed E-state index contributed by atoms with van der Waals surface area (Å²) in [6, 6.07) is 9.58. The predicted molar refractivity (Wildman–Crippen MR) is 100 cm³/mol. The van der Waals surface area contributed by atoms with E-state index in [4.69, 9.17) is 4.18 Å². The smallest absolute Gasteiger partial charge is 0.311 e. The van der Waals surface area contributed by atoms with Gasteiger partial charge in [0.2, 0.25) is 0 Å². The van der Waals surface area contributed by atoms with Crippen molar-refractivity contribution in [1.82, 2.24) is 5.32 Å². The minimum Gasteiger partial charge on any atom is -0.311 e. The zero-order valence-electron chi connectivity index (χ0n) is 15.6. The molecule has 0 aromatic heterocycles. The van der Waals surface area contributed by atoms with Crippen molar-refractivity contribution in [2.45, 2.75) is 37.1 Å². The van der Waals surface area contributed by atoms with Crippen LogP contribution in [-0.2, 0) is 20.5 Å². The quantitative estimate of drug-likeness (QED) is 0.553. The highest BCUT2D eigenvalue weighted by molar-refractivity contribution is 7.86. The predicted octanol–water partition coefficient (Wildman–Crippen LogP) is 4.07. The first-order valence-corrected chi connectivity index (χ1v) is 10.9. The fourth-order valence-electron chi connectivity index (χ4n) is 3.70. The van der Waals surface area contributed by atoms with Crippen molar-refractivity contribution in [3.63, 3.8) is 0 Å². The Morgan fingerprint density at radius 3 is 2.34 bits per heavy atom. The maximum Gasteiger partial charge on any atom is 0.416 e. The third-order valence-corrected chi connectivity index (χ3v) is 5.48. The van der Waals surface area contributed by atoms with E-state index in [1.165, 1.54) is 36.4 Å². The Labute approximate surface area is 167 Å². The Morgan fingerprint density at radius 2 is 1.79 bits per heavy atom. The van der Waals surface area contributed by atoms with Crippen molar-refractivity contribution < 1.29 is 30.2 Å². The van der Waals surface area contributed by atoms with Crippen LogP contribution in [0.2, 0.25) is 0 Å². The van der Waals surface area contributed by atoms with Crippen molar-refractivity contribution in [2.24, 2.45) is 0 Å². The standard InChI is InChI=1S/C20H21F4NO3S/c1-29(26,27)28-19(17-6-3-11-25-17)18(13-7-9-16(21)10-8-13)14-4-2-5-15(12-14)20(22,23)24/h2,4-5,7-10,12,17-19,25H,3,6,11H2,1H3/t17-,18+,19+/m1/s1. The molecule has 1 heterocycles. The highest BCUT2D eigenvalue weighted by Gasteiger charge is 2.38. The molecule has 0 aliphatic carbocycles. The normalized spacial score (nSPS) is 19.8. The second kappa shape index (κ2) is 8.41. The summed E-state index contributed by atoms with van der Waals surface area (Å²) in [5, 5.41) is 3.17. The van der Waals surface area contributed by atoms with Crippen LogP contribution in [0.1, 0.15) is 35.4 Å². The number of alkyl halides is 3. The van der Waals surface area contributed by atoms with Gasteiger partial charge in [-0.1, -0.05) is 30.3 Å². The molecule has 158 valence electrons. The first-order chi connectivity index (χ1) is 13.5. The molecule has 4 nitrogen and oxygen atoms in total. The summed E-state index contributed by atoms with van der Waals surface area (Å²) >= 11 is 0. The fraction of sp³-hybridized carbons (Fsp3) is 0.400. The number of hydrogen-bond acceptors (Lipinski definition) is 4. The van der Waals surface area contributed by atoms with Crippen LogP contribution < -0.4 is 5.32 Å². The molecule has 0 radical (unpaired) electrons. The minimum atomic E-state index is -4.55. The molecule has 9 heteroatoms. The molecule has 1 fully saturated rings. The van der Waals surface area contributed by atoms with E-state index in [0.717, 1.165) is 24.8 Å². The fourth-order valence-corrected chi connectivity index (χ4v) is 4.35. The molecule has 3 atom stereocenters. The second-order valence-corrected chi connectivity index (χ2v) is 8.72. The van der Waals surface area contributed by atoms with Crippen LogP contribution >= 0.6 is 0 Å². The lowest BCUT2D eigenvalue weighted by Crippen LogP contribution is -2.42. The first-order valence-electron chi connectivity index (χ1n) is 9.09. The van der Waals surface area contributed by atoms with Gasteiger partial charge in [0.25, 0.3) is 10.1 Å². The molecule has 1 aliphatic rings. The molecular weight excluding hydrogens is 410 g/mol.